The number of hydrogen-bond donors (Lipinski definition) is 3. The van der Waals surface area contributed by atoms with Crippen LogP contribution in [0.3, 0.4) is 0 Å². The van der Waals surface area contributed by atoms with Crippen LogP contribution in [0.1, 0.15) is 38.5 Å². The van der Waals surface area contributed by atoms with E-state index in [2.05, 4.69) is 10.6 Å². The molecule has 0 aliphatic carbocycles. The van der Waals surface area contributed by atoms with E-state index >= 15 is 0 Å². The smallest absolute Gasteiger partial charge is 0.220 e. The molecule has 0 bridgehead atoms. The first-order valence-electron chi connectivity index (χ1n) is 7.01. The third kappa shape index (κ3) is 7.63. The summed E-state index contributed by atoms with van der Waals surface area (Å²) in [5.74, 6) is 0.129. The lowest BCUT2D eigenvalue weighted by atomic mass is 10.0. The van der Waals surface area contributed by atoms with Gasteiger partial charge in [0.15, 0.2) is 0 Å². The molecule has 0 aromatic heterocycles. The van der Waals surface area contributed by atoms with Gasteiger partial charge in [0, 0.05) is 25.6 Å². The van der Waals surface area contributed by atoms with E-state index in [1.165, 1.54) is 19.3 Å². The topological polar surface area (TPSA) is 70.6 Å². The van der Waals surface area contributed by atoms with E-state index in [1.807, 2.05) is 0 Å². The van der Waals surface area contributed by atoms with Crippen molar-refractivity contribution in [2.45, 2.75) is 44.6 Å². The normalized spacial score (nSPS) is 19.7. The first-order chi connectivity index (χ1) is 8.83. The Morgan fingerprint density at radius 3 is 3.00 bits per heavy atom. The number of carbonyl (C=O) groups excluding carboxylic acids is 1. The Morgan fingerprint density at radius 2 is 2.28 bits per heavy atom. The largest absolute Gasteiger partial charge is 0.394 e. The van der Waals surface area contributed by atoms with E-state index in [9.17, 15) is 4.79 Å². The van der Waals surface area contributed by atoms with Gasteiger partial charge in [-0.15, -0.1) is 0 Å². The molecular weight excluding hydrogens is 232 g/mol. The summed E-state index contributed by atoms with van der Waals surface area (Å²) in [5, 5.41) is 14.8. The van der Waals surface area contributed by atoms with E-state index in [4.69, 9.17) is 9.84 Å². The van der Waals surface area contributed by atoms with Crippen molar-refractivity contribution in [1.29, 1.82) is 0 Å². The van der Waals surface area contributed by atoms with Crippen molar-refractivity contribution >= 4 is 5.91 Å². The molecule has 0 aromatic carbocycles. The van der Waals surface area contributed by atoms with Gasteiger partial charge in [-0.05, 0) is 32.2 Å². The van der Waals surface area contributed by atoms with E-state index in [0.29, 0.717) is 32.2 Å². The van der Waals surface area contributed by atoms with Crippen molar-refractivity contribution in [3.05, 3.63) is 0 Å². The summed E-state index contributed by atoms with van der Waals surface area (Å²) in [6.07, 6.45) is 6.08. The molecule has 1 unspecified atom stereocenters. The maximum absolute atomic E-state index is 11.6. The number of amides is 1. The molecule has 5 nitrogen and oxygen atoms in total. The van der Waals surface area contributed by atoms with Crippen molar-refractivity contribution in [3.63, 3.8) is 0 Å². The molecule has 1 rings (SSSR count). The third-order valence-electron chi connectivity index (χ3n) is 3.16. The molecule has 1 aliphatic rings. The standard InChI is InChI=1S/C13H26N2O3/c16-9-11-18-10-3-8-15-13(17)6-5-12-4-1-2-7-14-12/h12,14,16H,1-11H2,(H,15,17). The predicted octanol–water partition coefficient (Wildman–Crippen LogP) is 0.424. The summed E-state index contributed by atoms with van der Waals surface area (Å²) in [6.45, 7) is 2.77. The van der Waals surface area contributed by atoms with Gasteiger partial charge >= 0.3 is 0 Å². The highest BCUT2D eigenvalue weighted by Crippen LogP contribution is 2.11. The molecule has 0 aromatic rings. The van der Waals surface area contributed by atoms with Crippen molar-refractivity contribution < 1.29 is 14.6 Å². The minimum atomic E-state index is 0.0563. The third-order valence-corrected chi connectivity index (χ3v) is 3.16. The average Bonchev–Trinajstić information content (AvgIpc) is 2.41. The fraction of sp³-hybridized carbons (Fsp3) is 0.923. The fourth-order valence-electron chi connectivity index (χ4n) is 2.13. The molecule has 1 fully saturated rings. The Labute approximate surface area is 109 Å². The van der Waals surface area contributed by atoms with Gasteiger partial charge in [0.1, 0.15) is 0 Å². The van der Waals surface area contributed by atoms with Crippen molar-refractivity contribution in [2.24, 2.45) is 0 Å². The predicted molar refractivity (Wildman–Crippen MR) is 70.4 cm³/mol. The molecule has 0 saturated carbocycles. The number of nitrogens with one attached hydrogen (secondary N) is 2. The number of piperidine rings is 1. The van der Waals surface area contributed by atoms with Crippen LogP contribution in [0, 0.1) is 0 Å². The Morgan fingerprint density at radius 1 is 1.39 bits per heavy atom. The van der Waals surface area contributed by atoms with Gasteiger partial charge in [0.05, 0.1) is 13.2 Å². The molecule has 1 saturated heterocycles. The van der Waals surface area contributed by atoms with Crippen molar-refractivity contribution in [3.8, 4) is 0 Å². The second kappa shape index (κ2) is 10.3. The molecule has 1 amide bonds. The van der Waals surface area contributed by atoms with E-state index in [1.54, 1.807) is 0 Å². The molecule has 106 valence electrons. The maximum Gasteiger partial charge on any atom is 0.220 e. The molecule has 0 spiro atoms. The SMILES string of the molecule is O=C(CCC1CCCCN1)NCCCOCCO. The van der Waals surface area contributed by atoms with Crippen LogP contribution in [-0.2, 0) is 9.53 Å². The number of hydrogen-bond acceptors (Lipinski definition) is 4. The first-order valence-corrected chi connectivity index (χ1v) is 7.01. The quantitative estimate of drug-likeness (QED) is 0.524. The van der Waals surface area contributed by atoms with Crippen molar-refractivity contribution in [2.75, 3.05) is 32.9 Å². The highest BCUT2D eigenvalue weighted by Gasteiger charge is 2.13. The Balaban J connectivity index is 1.90. The summed E-state index contributed by atoms with van der Waals surface area (Å²) >= 11 is 0. The van der Waals surface area contributed by atoms with Gasteiger partial charge in [-0.25, -0.2) is 0 Å². The molecule has 1 atom stereocenters. The lowest BCUT2D eigenvalue weighted by molar-refractivity contribution is -0.121. The zero-order valence-electron chi connectivity index (χ0n) is 11.1. The number of aliphatic hydroxyl groups excluding tert-OH is 1. The Hall–Kier alpha value is -0.650. The highest BCUT2D eigenvalue weighted by atomic mass is 16.5. The number of rotatable bonds is 9. The highest BCUT2D eigenvalue weighted by molar-refractivity contribution is 5.75. The summed E-state index contributed by atoms with van der Waals surface area (Å²) < 4.78 is 5.11. The lowest BCUT2D eigenvalue weighted by Gasteiger charge is -2.23. The average molecular weight is 258 g/mol. The minimum Gasteiger partial charge on any atom is -0.394 e. The zero-order chi connectivity index (χ0) is 13.1. The van der Waals surface area contributed by atoms with Gasteiger partial charge in [0.2, 0.25) is 5.91 Å². The summed E-state index contributed by atoms with van der Waals surface area (Å²) in [6, 6.07) is 0.525. The number of aliphatic hydroxyl groups is 1. The minimum absolute atomic E-state index is 0.0563. The first kappa shape index (κ1) is 15.4. The lowest BCUT2D eigenvalue weighted by Crippen LogP contribution is -2.35. The molecule has 1 aliphatic heterocycles. The molecule has 3 N–H and O–H groups in total. The molecule has 18 heavy (non-hydrogen) atoms. The molecule has 1 heterocycles. The van der Waals surface area contributed by atoms with Gasteiger partial charge in [-0.3, -0.25) is 4.79 Å². The summed E-state index contributed by atoms with van der Waals surface area (Å²) in [7, 11) is 0. The summed E-state index contributed by atoms with van der Waals surface area (Å²) in [4.78, 5) is 11.6. The molecule has 0 radical (unpaired) electrons. The van der Waals surface area contributed by atoms with Crippen LogP contribution in [0.5, 0.6) is 0 Å². The van der Waals surface area contributed by atoms with Crippen molar-refractivity contribution in [1.82, 2.24) is 10.6 Å². The van der Waals surface area contributed by atoms with Gasteiger partial charge < -0.3 is 20.5 Å². The van der Waals surface area contributed by atoms with Crippen LogP contribution in [0.25, 0.3) is 0 Å². The zero-order valence-corrected chi connectivity index (χ0v) is 11.1. The second-order valence-electron chi connectivity index (χ2n) is 4.72. The van der Waals surface area contributed by atoms with Crippen LogP contribution >= 0.6 is 0 Å². The van der Waals surface area contributed by atoms with Crippen LogP contribution in [-0.4, -0.2) is 50.0 Å². The van der Waals surface area contributed by atoms with Crippen LogP contribution in [0.4, 0.5) is 0 Å². The fourth-order valence-corrected chi connectivity index (χ4v) is 2.13. The van der Waals surface area contributed by atoms with Gasteiger partial charge in [0.25, 0.3) is 0 Å². The van der Waals surface area contributed by atoms with E-state index < -0.39 is 0 Å². The Kier molecular flexibility index (Phi) is 8.81. The number of ether oxygens (including phenoxy) is 1. The van der Waals surface area contributed by atoms with Gasteiger partial charge in [-0.2, -0.15) is 0 Å². The van der Waals surface area contributed by atoms with E-state index in [-0.39, 0.29) is 12.5 Å². The monoisotopic (exact) mass is 258 g/mol. The van der Waals surface area contributed by atoms with Crippen LogP contribution in [0.15, 0.2) is 0 Å². The number of carbonyl (C=O) groups is 1. The second-order valence-corrected chi connectivity index (χ2v) is 4.72. The van der Waals surface area contributed by atoms with Crippen LogP contribution < -0.4 is 10.6 Å². The maximum atomic E-state index is 11.6. The Bertz CT molecular complexity index is 218. The van der Waals surface area contributed by atoms with Crippen LogP contribution in [0.2, 0.25) is 0 Å². The molecular formula is C13H26N2O3. The van der Waals surface area contributed by atoms with E-state index in [0.717, 1.165) is 19.4 Å². The molecule has 5 heteroatoms. The summed E-state index contributed by atoms with van der Waals surface area (Å²) in [5.41, 5.74) is 0. The van der Waals surface area contributed by atoms with Gasteiger partial charge in [-0.1, -0.05) is 6.42 Å².